The maximum atomic E-state index is 12.7. The predicted octanol–water partition coefficient (Wildman–Crippen LogP) is 2.31. The molecule has 1 fully saturated rings. The van der Waals surface area contributed by atoms with Crippen LogP contribution in [0.4, 0.5) is 0 Å². The zero-order valence-electron chi connectivity index (χ0n) is 12.3. The van der Waals surface area contributed by atoms with Gasteiger partial charge in [0.1, 0.15) is 21.3 Å². The van der Waals surface area contributed by atoms with E-state index in [1.807, 2.05) is 0 Å². The molecule has 0 N–H and O–H groups in total. The lowest BCUT2D eigenvalue weighted by atomic mass is 10.3. The number of ether oxygens (including phenoxy) is 2. The van der Waals surface area contributed by atoms with Crippen molar-refractivity contribution in [3.05, 3.63) is 33.9 Å². The maximum absolute atomic E-state index is 12.7. The molecule has 1 aliphatic heterocycles. The fourth-order valence-corrected chi connectivity index (χ4v) is 5.61. The Bertz CT molecular complexity index is 781. The highest BCUT2D eigenvalue weighted by Gasteiger charge is 2.32. The van der Waals surface area contributed by atoms with Crippen LogP contribution in [0.5, 0.6) is 6.01 Å². The summed E-state index contributed by atoms with van der Waals surface area (Å²) in [6.07, 6.45) is 2.71. The first-order valence-corrected chi connectivity index (χ1v) is 9.94. The first-order valence-electron chi connectivity index (χ1n) is 6.93. The minimum Gasteiger partial charge on any atom is -0.461 e. The van der Waals surface area contributed by atoms with Crippen molar-refractivity contribution < 1.29 is 17.9 Å². The molecule has 0 amide bonds. The van der Waals surface area contributed by atoms with Crippen LogP contribution in [-0.2, 0) is 14.8 Å². The highest BCUT2D eigenvalue weighted by atomic mass is 35.5. The van der Waals surface area contributed by atoms with Crippen LogP contribution in [0, 0.1) is 0 Å². The lowest BCUT2D eigenvalue weighted by Crippen LogP contribution is -2.47. The smallest absolute Gasteiger partial charge is 0.316 e. The molecule has 1 atom stereocenters. The van der Waals surface area contributed by atoms with Crippen molar-refractivity contribution in [1.82, 2.24) is 14.3 Å². The van der Waals surface area contributed by atoms with Gasteiger partial charge in [-0.1, -0.05) is 23.2 Å². The molecule has 3 heterocycles. The Morgan fingerprint density at radius 3 is 2.79 bits per heavy atom. The molecule has 1 aliphatic rings. The van der Waals surface area contributed by atoms with Crippen molar-refractivity contribution in [2.75, 3.05) is 26.3 Å². The van der Waals surface area contributed by atoms with Crippen LogP contribution < -0.4 is 4.74 Å². The fraction of sp³-hybridized carbons (Fsp3) is 0.385. The van der Waals surface area contributed by atoms with Gasteiger partial charge in [-0.2, -0.15) is 4.31 Å². The summed E-state index contributed by atoms with van der Waals surface area (Å²) in [4.78, 5) is 7.89. The first kappa shape index (κ1) is 17.8. The summed E-state index contributed by atoms with van der Waals surface area (Å²) < 4.78 is 38.0. The molecule has 0 radical (unpaired) electrons. The van der Waals surface area contributed by atoms with Crippen molar-refractivity contribution >= 4 is 44.6 Å². The van der Waals surface area contributed by atoms with E-state index in [0.29, 0.717) is 0 Å². The van der Waals surface area contributed by atoms with Crippen molar-refractivity contribution in [3.8, 4) is 6.01 Å². The zero-order valence-corrected chi connectivity index (χ0v) is 15.4. The third kappa shape index (κ3) is 3.98. The molecule has 3 rings (SSSR count). The quantitative estimate of drug-likeness (QED) is 0.753. The van der Waals surface area contributed by atoms with Gasteiger partial charge >= 0.3 is 6.01 Å². The molecule has 1 saturated heterocycles. The molecular formula is C13H13Cl2N3O4S2. The van der Waals surface area contributed by atoms with E-state index in [1.54, 1.807) is 18.5 Å². The summed E-state index contributed by atoms with van der Waals surface area (Å²) in [6.45, 7) is 0.855. The van der Waals surface area contributed by atoms with E-state index in [2.05, 4.69) is 9.97 Å². The average molecular weight is 410 g/mol. The van der Waals surface area contributed by atoms with Crippen LogP contribution in [0.25, 0.3) is 0 Å². The molecular weight excluding hydrogens is 397 g/mol. The molecule has 1 unspecified atom stereocenters. The number of rotatable bonds is 5. The van der Waals surface area contributed by atoms with Gasteiger partial charge in [-0.05, 0) is 12.1 Å². The topological polar surface area (TPSA) is 81.6 Å². The molecule has 2 aromatic heterocycles. The third-order valence-corrected chi connectivity index (χ3v) is 7.44. The van der Waals surface area contributed by atoms with Gasteiger partial charge in [-0.15, -0.1) is 11.3 Å². The maximum Gasteiger partial charge on any atom is 0.316 e. The molecule has 11 heteroatoms. The second-order valence-electron chi connectivity index (χ2n) is 4.89. The SMILES string of the molecule is O=S(=O)(c1cc(Cl)c(Cl)s1)N1CCOC(COc2ncccn2)C1. The van der Waals surface area contributed by atoms with Gasteiger partial charge in [-0.25, -0.2) is 18.4 Å². The average Bonchev–Trinajstić information content (AvgIpc) is 2.94. The predicted molar refractivity (Wildman–Crippen MR) is 90.4 cm³/mol. The molecule has 0 saturated carbocycles. The van der Waals surface area contributed by atoms with Gasteiger partial charge in [0.05, 0.1) is 11.6 Å². The van der Waals surface area contributed by atoms with Gasteiger partial charge in [0.15, 0.2) is 0 Å². The Kier molecular flexibility index (Phi) is 5.58. The van der Waals surface area contributed by atoms with Crippen molar-refractivity contribution in [3.63, 3.8) is 0 Å². The second-order valence-corrected chi connectivity index (χ2v) is 9.11. The molecule has 0 spiro atoms. The fourth-order valence-electron chi connectivity index (χ4n) is 2.12. The summed E-state index contributed by atoms with van der Waals surface area (Å²) >= 11 is 12.7. The first-order chi connectivity index (χ1) is 11.5. The number of thiophene rings is 1. The Hall–Kier alpha value is -0.970. The second kappa shape index (κ2) is 7.51. The van der Waals surface area contributed by atoms with Gasteiger partial charge in [0, 0.05) is 25.5 Å². The van der Waals surface area contributed by atoms with Crippen molar-refractivity contribution in [2.24, 2.45) is 0 Å². The summed E-state index contributed by atoms with van der Waals surface area (Å²) in [7, 11) is -3.66. The number of nitrogens with zero attached hydrogens (tertiary/aromatic N) is 3. The van der Waals surface area contributed by atoms with Crippen LogP contribution in [0.2, 0.25) is 9.36 Å². The molecule has 0 aromatic carbocycles. The van der Waals surface area contributed by atoms with Gasteiger partial charge < -0.3 is 9.47 Å². The summed E-state index contributed by atoms with van der Waals surface area (Å²) in [5.74, 6) is 0. The van der Waals surface area contributed by atoms with Crippen LogP contribution in [-0.4, -0.2) is 55.1 Å². The van der Waals surface area contributed by atoms with Crippen LogP contribution in [0.15, 0.2) is 28.7 Å². The summed E-state index contributed by atoms with van der Waals surface area (Å²) in [6, 6.07) is 3.26. The van der Waals surface area contributed by atoms with Crippen LogP contribution >= 0.6 is 34.5 Å². The Labute approximate surface area is 153 Å². The van der Waals surface area contributed by atoms with E-state index >= 15 is 0 Å². The number of aromatic nitrogens is 2. The largest absolute Gasteiger partial charge is 0.461 e. The highest BCUT2D eigenvalue weighted by molar-refractivity contribution is 7.91. The van der Waals surface area contributed by atoms with Crippen molar-refractivity contribution in [1.29, 1.82) is 0 Å². The standard InChI is InChI=1S/C13H13Cl2N3O4S2/c14-10-6-11(23-12(10)15)24(19,20)18-4-5-21-9(7-18)8-22-13-16-2-1-3-17-13/h1-3,6,9H,4-5,7-8H2. The van der Waals surface area contributed by atoms with E-state index in [-0.39, 0.29) is 45.9 Å². The normalized spacial score (nSPS) is 19.3. The van der Waals surface area contributed by atoms with E-state index in [4.69, 9.17) is 32.7 Å². The number of halogens is 2. The van der Waals surface area contributed by atoms with Crippen molar-refractivity contribution in [2.45, 2.75) is 10.3 Å². The lowest BCUT2D eigenvalue weighted by molar-refractivity contribution is -0.0264. The molecule has 0 aliphatic carbocycles. The minimum atomic E-state index is -3.66. The molecule has 2 aromatic rings. The van der Waals surface area contributed by atoms with Gasteiger partial charge in [0.2, 0.25) is 0 Å². The van der Waals surface area contributed by atoms with Gasteiger partial charge in [0.25, 0.3) is 10.0 Å². The Morgan fingerprint density at radius 2 is 2.12 bits per heavy atom. The molecule has 130 valence electrons. The third-order valence-electron chi connectivity index (χ3n) is 3.26. The number of morpholine rings is 1. The van der Waals surface area contributed by atoms with E-state index in [9.17, 15) is 8.42 Å². The highest BCUT2D eigenvalue weighted by Crippen LogP contribution is 2.36. The Balaban J connectivity index is 1.66. The van der Waals surface area contributed by atoms with E-state index in [1.165, 1.54) is 10.4 Å². The lowest BCUT2D eigenvalue weighted by Gasteiger charge is -2.31. The number of hydrogen-bond donors (Lipinski definition) is 0. The zero-order chi connectivity index (χ0) is 17.2. The molecule has 24 heavy (non-hydrogen) atoms. The monoisotopic (exact) mass is 409 g/mol. The minimum absolute atomic E-state index is 0.116. The Morgan fingerprint density at radius 1 is 1.38 bits per heavy atom. The molecule has 0 bridgehead atoms. The van der Waals surface area contributed by atoms with E-state index < -0.39 is 16.1 Å². The van der Waals surface area contributed by atoms with E-state index in [0.717, 1.165) is 11.3 Å². The number of hydrogen-bond acceptors (Lipinski definition) is 7. The summed E-state index contributed by atoms with van der Waals surface area (Å²) in [5.41, 5.74) is 0. The van der Waals surface area contributed by atoms with Crippen LogP contribution in [0.1, 0.15) is 0 Å². The van der Waals surface area contributed by atoms with Crippen LogP contribution in [0.3, 0.4) is 0 Å². The van der Waals surface area contributed by atoms with Gasteiger partial charge in [-0.3, -0.25) is 0 Å². The number of sulfonamides is 1. The molecule has 7 nitrogen and oxygen atoms in total. The summed E-state index contributed by atoms with van der Waals surface area (Å²) in [5, 5.41) is 0.231.